The molecule has 9 heavy (non-hydrogen) atoms. The zero-order chi connectivity index (χ0) is 6.04. The minimum absolute atomic E-state index is 0. The lowest BCUT2D eigenvalue weighted by molar-refractivity contribution is -0.00000177. The van der Waals surface area contributed by atoms with E-state index in [1.54, 1.807) is 0 Å². The number of alkyl halides is 1. The van der Waals surface area contributed by atoms with Crippen LogP contribution in [0.15, 0.2) is 24.4 Å². The van der Waals surface area contributed by atoms with Gasteiger partial charge in [-0.2, -0.15) is 0 Å². The normalized spacial score (nSPS) is 30.9. The summed E-state index contributed by atoms with van der Waals surface area (Å²) in [5, 5.41) is 2.96. The first-order valence-corrected chi connectivity index (χ1v) is 2.89. The van der Waals surface area contributed by atoms with Gasteiger partial charge < -0.3 is 5.32 Å². The minimum Gasteiger partial charge on any atom is -0.370 e. The number of nitrogens with one attached hydrogen (secondary N) is 1. The fourth-order valence-electron chi connectivity index (χ4n) is 0.551. The predicted molar refractivity (Wildman–Crippen MR) is 38.5 cm³/mol. The third-order valence-electron chi connectivity index (χ3n) is 0.982. The van der Waals surface area contributed by atoms with Crippen LogP contribution in [0.25, 0.3) is 0 Å². The van der Waals surface area contributed by atoms with Gasteiger partial charge >= 0.3 is 0 Å². The van der Waals surface area contributed by atoms with Crippen LogP contribution in [-0.4, -0.2) is 5.00 Å². The molecule has 1 aliphatic heterocycles. The Bertz CT molecular complexity index is 140. The number of dihydropyridines is 1. The van der Waals surface area contributed by atoms with Gasteiger partial charge in [0.15, 0.2) is 0 Å². The van der Waals surface area contributed by atoms with E-state index in [1.807, 2.05) is 31.4 Å². The molecule has 0 radical (unpaired) electrons. The molecule has 0 aromatic carbocycles. The molecule has 0 saturated carbocycles. The molecule has 0 amide bonds. The Labute approximate surface area is 77.2 Å². The maximum Gasteiger partial charge on any atom is 0.235 e. The number of allylic oxidation sites excluding steroid dienone is 2. The lowest BCUT2D eigenvalue weighted by Gasteiger charge is -2.19. The molecule has 0 aromatic rings. The topological polar surface area (TPSA) is 12.0 Å². The first-order chi connectivity index (χ1) is 3.71. The van der Waals surface area contributed by atoms with Crippen LogP contribution >= 0.6 is 11.6 Å². The average Bonchev–Trinajstić information content (AvgIpc) is 1.65. The highest BCUT2D eigenvalue weighted by atomic mass is 127. The minimum atomic E-state index is -0.366. The maximum absolute atomic E-state index is 5.82. The zero-order valence-electron chi connectivity index (χ0n) is 5.13. The Morgan fingerprint density at radius 2 is 2.11 bits per heavy atom. The summed E-state index contributed by atoms with van der Waals surface area (Å²) in [5.74, 6) is 0. The summed E-state index contributed by atoms with van der Waals surface area (Å²) in [5.41, 5.74) is 0. The van der Waals surface area contributed by atoms with Crippen LogP contribution in [-0.2, 0) is 0 Å². The Kier molecular flexibility index (Phi) is 3.58. The number of hydrogen-bond donors (Lipinski definition) is 1. The lowest BCUT2D eigenvalue weighted by Crippen LogP contribution is -3.00. The van der Waals surface area contributed by atoms with Crippen molar-refractivity contribution < 1.29 is 24.0 Å². The van der Waals surface area contributed by atoms with E-state index in [1.165, 1.54) is 0 Å². The molecule has 52 valence electrons. The summed E-state index contributed by atoms with van der Waals surface area (Å²) in [6, 6.07) is 0. The van der Waals surface area contributed by atoms with Crippen molar-refractivity contribution in [2.75, 3.05) is 0 Å². The molecule has 1 unspecified atom stereocenters. The highest BCUT2D eigenvalue weighted by Crippen LogP contribution is 2.13. The van der Waals surface area contributed by atoms with Crippen LogP contribution < -0.4 is 29.3 Å². The van der Waals surface area contributed by atoms with E-state index < -0.39 is 0 Å². The fraction of sp³-hybridized carbons (Fsp3) is 0.333. The van der Waals surface area contributed by atoms with E-state index in [9.17, 15) is 0 Å². The van der Waals surface area contributed by atoms with E-state index in [2.05, 4.69) is 5.32 Å². The molecule has 1 N–H and O–H groups in total. The average molecular weight is 259 g/mol. The smallest absolute Gasteiger partial charge is 0.235 e. The van der Waals surface area contributed by atoms with Crippen LogP contribution in [0.3, 0.4) is 0 Å². The lowest BCUT2D eigenvalue weighted by atomic mass is 10.2. The quantitative estimate of drug-likeness (QED) is 0.304. The second-order valence-electron chi connectivity index (χ2n) is 1.94. The molecule has 0 fully saturated rings. The second-order valence-corrected chi connectivity index (χ2v) is 2.72. The first kappa shape index (κ1) is 9.30. The Morgan fingerprint density at radius 1 is 1.44 bits per heavy atom. The number of hydrogen-bond acceptors (Lipinski definition) is 1. The van der Waals surface area contributed by atoms with E-state index in [0.29, 0.717) is 0 Å². The van der Waals surface area contributed by atoms with E-state index in [-0.39, 0.29) is 29.0 Å². The molecule has 0 bridgehead atoms. The molecule has 1 heterocycles. The fourth-order valence-corrected chi connectivity index (χ4v) is 0.687. The van der Waals surface area contributed by atoms with Crippen LogP contribution in [0.2, 0.25) is 0 Å². The molecule has 0 aromatic heterocycles. The van der Waals surface area contributed by atoms with Crippen molar-refractivity contribution in [1.82, 2.24) is 5.32 Å². The SMILES string of the molecule is CC1(Cl)C=CC=CN1.[IH2+]. The monoisotopic (exact) mass is 258 g/mol. The van der Waals surface area contributed by atoms with Gasteiger partial charge in [-0.25, -0.2) is 0 Å². The van der Waals surface area contributed by atoms with Gasteiger partial charge in [-0.15, -0.1) is 0 Å². The van der Waals surface area contributed by atoms with Crippen LogP contribution in [0.4, 0.5) is 0 Å². The zero-order valence-corrected chi connectivity index (χ0v) is 8.44. The van der Waals surface area contributed by atoms with Gasteiger partial charge in [0.25, 0.3) is 0 Å². The summed E-state index contributed by atoms with van der Waals surface area (Å²) in [6.07, 6.45) is 7.55. The van der Waals surface area contributed by atoms with Gasteiger partial charge in [-0.3, -0.25) is 0 Å². The molecule has 1 aliphatic rings. The molecule has 0 aliphatic carbocycles. The van der Waals surface area contributed by atoms with Crippen LogP contribution in [0.5, 0.6) is 0 Å². The van der Waals surface area contributed by atoms with Gasteiger partial charge in [0.1, 0.15) is 5.00 Å². The van der Waals surface area contributed by atoms with E-state index >= 15 is 0 Å². The molecule has 1 rings (SSSR count). The Balaban J connectivity index is 0.000000640. The maximum atomic E-state index is 5.82. The summed E-state index contributed by atoms with van der Waals surface area (Å²) in [4.78, 5) is -0.366. The molecule has 1 nitrogen and oxygen atoms in total. The van der Waals surface area contributed by atoms with Gasteiger partial charge in [0.2, 0.25) is 24.0 Å². The highest BCUT2D eigenvalue weighted by Gasteiger charge is 2.13. The predicted octanol–water partition coefficient (Wildman–Crippen LogP) is -1.92. The van der Waals surface area contributed by atoms with Crippen molar-refractivity contribution in [2.45, 2.75) is 11.9 Å². The van der Waals surface area contributed by atoms with Crippen molar-refractivity contribution in [1.29, 1.82) is 0 Å². The summed E-state index contributed by atoms with van der Waals surface area (Å²) < 4.78 is 0. The number of halogens is 2. The van der Waals surface area contributed by atoms with Crippen molar-refractivity contribution >= 4 is 11.6 Å². The first-order valence-electron chi connectivity index (χ1n) is 2.52. The summed E-state index contributed by atoms with van der Waals surface area (Å²) in [6.45, 7) is 1.90. The van der Waals surface area contributed by atoms with Gasteiger partial charge in [-0.05, 0) is 25.3 Å². The van der Waals surface area contributed by atoms with Crippen molar-refractivity contribution in [3.05, 3.63) is 24.4 Å². The molecular formula is C6H10ClIN+. The molecule has 0 saturated heterocycles. The van der Waals surface area contributed by atoms with Crippen molar-refractivity contribution in [3.8, 4) is 0 Å². The van der Waals surface area contributed by atoms with Crippen molar-refractivity contribution in [3.63, 3.8) is 0 Å². The van der Waals surface area contributed by atoms with Gasteiger partial charge in [-0.1, -0.05) is 17.7 Å². The highest BCUT2D eigenvalue weighted by molar-refractivity contribution is 6.24. The largest absolute Gasteiger partial charge is 0.370 e. The van der Waals surface area contributed by atoms with Gasteiger partial charge in [0.05, 0.1) is 0 Å². The molecule has 0 spiro atoms. The molecule has 1 atom stereocenters. The van der Waals surface area contributed by atoms with Crippen LogP contribution in [0.1, 0.15) is 6.92 Å². The summed E-state index contributed by atoms with van der Waals surface area (Å²) >= 11 is 5.82. The molecule has 3 heteroatoms. The third kappa shape index (κ3) is 3.11. The van der Waals surface area contributed by atoms with E-state index in [4.69, 9.17) is 11.6 Å². The van der Waals surface area contributed by atoms with Gasteiger partial charge in [0, 0.05) is 0 Å². The third-order valence-corrected chi connectivity index (χ3v) is 1.22. The Hall–Kier alpha value is 0.300. The van der Waals surface area contributed by atoms with Crippen molar-refractivity contribution in [2.24, 2.45) is 0 Å². The molecular weight excluding hydrogens is 248 g/mol. The van der Waals surface area contributed by atoms with Crippen LogP contribution in [0, 0.1) is 0 Å². The second kappa shape index (κ2) is 3.46. The Morgan fingerprint density at radius 3 is 2.33 bits per heavy atom. The number of rotatable bonds is 0. The summed E-state index contributed by atoms with van der Waals surface area (Å²) in [7, 11) is 0. The standard InChI is InChI=1S/C6H8ClN.H2I/c1-6(7)4-2-3-5-8-6;/h2-5,8H,1H3;1H2/q;+1. The van der Waals surface area contributed by atoms with E-state index in [0.717, 1.165) is 0 Å².